The first kappa shape index (κ1) is 19.3. The van der Waals surface area contributed by atoms with Crippen LogP contribution in [-0.2, 0) is 11.3 Å². The second-order valence-corrected chi connectivity index (χ2v) is 11.0. The number of imidazole rings is 1. The lowest BCUT2D eigenvalue weighted by atomic mass is 9.75. The van der Waals surface area contributed by atoms with E-state index in [9.17, 15) is 4.79 Å². The summed E-state index contributed by atoms with van der Waals surface area (Å²) in [5.41, 5.74) is 0.808. The minimum atomic E-state index is -0.294. The van der Waals surface area contributed by atoms with Gasteiger partial charge in [-0.3, -0.25) is 9.69 Å². The Kier molecular flexibility index (Phi) is 4.82. The van der Waals surface area contributed by atoms with Crippen molar-refractivity contribution in [3.8, 4) is 0 Å². The van der Waals surface area contributed by atoms with Gasteiger partial charge in [0.25, 0.3) is 0 Å². The molecule has 1 aliphatic carbocycles. The van der Waals surface area contributed by atoms with E-state index in [4.69, 9.17) is 4.98 Å². The third kappa shape index (κ3) is 3.55. The van der Waals surface area contributed by atoms with Crippen LogP contribution in [0.2, 0.25) is 0 Å². The van der Waals surface area contributed by atoms with Gasteiger partial charge in [0.1, 0.15) is 0 Å². The fourth-order valence-corrected chi connectivity index (χ4v) is 6.16. The first-order valence-electron chi connectivity index (χ1n) is 11.0. The normalized spacial score (nSPS) is 27.8. The quantitative estimate of drug-likeness (QED) is 0.718. The highest BCUT2D eigenvalue weighted by Crippen LogP contribution is 2.50. The summed E-state index contributed by atoms with van der Waals surface area (Å²) in [6.45, 7) is 11.1. The number of hydrogen-bond donors (Lipinski definition) is 0. The maximum absolute atomic E-state index is 13.7. The Labute approximate surface area is 177 Å². The summed E-state index contributed by atoms with van der Waals surface area (Å²) in [5.74, 6) is 1.33. The minimum Gasteiger partial charge on any atom is -0.342 e. The SMILES string of the molecule is Cc1ccc(CN2C[C@H](c3cn(C(C)C)cn3)[C@@]3(CCN(CC4CC4)C3=O)C2)s1. The molecule has 2 saturated heterocycles. The zero-order valence-electron chi connectivity index (χ0n) is 17.8. The Morgan fingerprint density at radius 3 is 2.79 bits per heavy atom. The van der Waals surface area contributed by atoms with Crippen LogP contribution < -0.4 is 0 Å². The number of likely N-dealkylation sites (tertiary alicyclic amines) is 2. The summed E-state index contributed by atoms with van der Waals surface area (Å²) in [4.78, 5) is 25.9. The van der Waals surface area contributed by atoms with E-state index in [0.717, 1.165) is 50.8 Å². The van der Waals surface area contributed by atoms with E-state index >= 15 is 0 Å². The van der Waals surface area contributed by atoms with E-state index in [1.807, 2.05) is 17.7 Å². The Bertz CT molecular complexity index is 898. The highest BCUT2D eigenvalue weighted by Gasteiger charge is 2.58. The molecule has 1 saturated carbocycles. The molecule has 0 unspecified atom stereocenters. The van der Waals surface area contributed by atoms with Crippen molar-refractivity contribution in [1.82, 2.24) is 19.4 Å². The van der Waals surface area contributed by atoms with Gasteiger partial charge in [-0.15, -0.1) is 11.3 Å². The molecule has 3 fully saturated rings. The lowest BCUT2D eigenvalue weighted by Gasteiger charge is -2.28. The molecule has 0 bridgehead atoms. The lowest BCUT2D eigenvalue weighted by Crippen LogP contribution is -2.40. The van der Waals surface area contributed by atoms with Crippen molar-refractivity contribution >= 4 is 17.2 Å². The first-order valence-corrected chi connectivity index (χ1v) is 11.9. The molecule has 0 radical (unpaired) electrons. The third-order valence-corrected chi connectivity index (χ3v) is 8.07. The van der Waals surface area contributed by atoms with Crippen molar-refractivity contribution < 1.29 is 4.79 Å². The number of nitrogens with zero attached hydrogens (tertiary/aromatic N) is 4. The molecular weight excluding hydrogens is 380 g/mol. The first-order chi connectivity index (χ1) is 13.9. The van der Waals surface area contributed by atoms with Crippen molar-refractivity contribution in [3.63, 3.8) is 0 Å². The van der Waals surface area contributed by atoms with Gasteiger partial charge in [0.2, 0.25) is 5.91 Å². The molecule has 6 heteroatoms. The van der Waals surface area contributed by atoms with E-state index in [0.29, 0.717) is 11.9 Å². The highest BCUT2D eigenvalue weighted by molar-refractivity contribution is 7.11. The number of amides is 1. The van der Waals surface area contributed by atoms with Gasteiger partial charge in [-0.1, -0.05) is 0 Å². The van der Waals surface area contributed by atoms with Crippen LogP contribution in [0, 0.1) is 18.3 Å². The summed E-state index contributed by atoms with van der Waals surface area (Å²) < 4.78 is 2.18. The predicted octanol–water partition coefficient (Wildman–Crippen LogP) is 4.06. The average Bonchev–Trinajstić information content (AvgIpc) is 3.02. The third-order valence-electron chi connectivity index (χ3n) is 7.08. The van der Waals surface area contributed by atoms with Crippen molar-refractivity contribution in [2.75, 3.05) is 26.2 Å². The standard InChI is InChI=1S/C23H32N4OS/c1-16(2)27-13-21(24-15-27)20-12-25(11-19-7-4-17(3)29-19)14-23(20)8-9-26(22(23)28)10-18-5-6-18/h4,7,13,15-16,18,20H,5-6,8-12,14H2,1-3H3/t20-,23-/m1/s1. The van der Waals surface area contributed by atoms with Crippen LogP contribution in [0.25, 0.3) is 0 Å². The fraction of sp³-hybridized carbons (Fsp3) is 0.652. The predicted molar refractivity (Wildman–Crippen MR) is 116 cm³/mol. The summed E-state index contributed by atoms with van der Waals surface area (Å²) in [6.07, 6.45) is 7.69. The molecule has 2 aliphatic heterocycles. The molecule has 156 valence electrons. The lowest BCUT2D eigenvalue weighted by molar-refractivity contribution is -0.136. The van der Waals surface area contributed by atoms with Crippen molar-refractivity contribution in [3.05, 3.63) is 40.1 Å². The van der Waals surface area contributed by atoms with Gasteiger partial charge in [0, 0.05) is 60.6 Å². The summed E-state index contributed by atoms with van der Waals surface area (Å²) in [7, 11) is 0. The molecule has 5 rings (SSSR count). The van der Waals surface area contributed by atoms with Gasteiger partial charge in [-0.2, -0.15) is 0 Å². The van der Waals surface area contributed by atoms with E-state index < -0.39 is 0 Å². The number of carbonyl (C=O) groups excluding carboxylic acids is 1. The van der Waals surface area contributed by atoms with Gasteiger partial charge in [-0.05, 0) is 58.1 Å². The fourth-order valence-electron chi connectivity index (χ4n) is 5.22. The van der Waals surface area contributed by atoms with Crippen LogP contribution in [0.1, 0.15) is 60.5 Å². The Hall–Kier alpha value is -1.66. The monoisotopic (exact) mass is 412 g/mol. The zero-order valence-corrected chi connectivity index (χ0v) is 18.6. The Morgan fingerprint density at radius 2 is 2.14 bits per heavy atom. The smallest absolute Gasteiger partial charge is 0.230 e. The number of aromatic nitrogens is 2. The average molecular weight is 413 g/mol. The molecule has 1 amide bonds. The summed E-state index contributed by atoms with van der Waals surface area (Å²) >= 11 is 1.87. The number of thiophene rings is 1. The molecule has 3 aliphatic rings. The minimum absolute atomic E-state index is 0.195. The van der Waals surface area contributed by atoms with Crippen LogP contribution >= 0.6 is 11.3 Å². The molecule has 0 N–H and O–H groups in total. The van der Waals surface area contributed by atoms with Crippen molar-refractivity contribution in [1.29, 1.82) is 0 Å². The number of carbonyl (C=O) groups is 1. The Morgan fingerprint density at radius 1 is 1.31 bits per heavy atom. The second-order valence-electron chi connectivity index (χ2n) is 9.67. The number of rotatable bonds is 6. The van der Waals surface area contributed by atoms with E-state index in [2.05, 4.69) is 53.5 Å². The van der Waals surface area contributed by atoms with Crippen LogP contribution in [-0.4, -0.2) is 51.4 Å². The van der Waals surface area contributed by atoms with E-state index in [1.54, 1.807) is 0 Å². The maximum Gasteiger partial charge on any atom is 0.230 e. The highest BCUT2D eigenvalue weighted by atomic mass is 32.1. The van der Waals surface area contributed by atoms with Gasteiger partial charge in [0.15, 0.2) is 0 Å². The van der Waals surface area contributed by atoms with Crippen LogP contribution in [0.15, 0.2) is 24.7 Å². The van der Waals surface area contributed by atoms with Gasteiger partial charge in [0.05, 0.1) is 17.4 Å². The molecular formula is C23H32N4OS. The molecule has 2 atom stereocenters. The van der Waals surface area contributed by atoms with Crippen molar-refractivity contribution in [2.24, 2.45) is 11.3 Å². The molecule has 1 spiro atoms. The van der Waals surface area contributed by atoms with Gasteiger partial charge >= 0.3 is 0 Å². The Balaban J connectivity index is 1.43. The van der Waals surface area contributed by atoms with Gasteiger partial charge in [-0.25, -0.2) is 4.98 Å². The topological polar surface area (TPSA) is 41.4 Å². The number of aryl methyl sites for hydroxylation is 1. The molecule has 2 aromatic rings. The van der Waals surface area contributed by atoms with Crippen LogP contribution in [0.4, 0.5) is 0 Å². The largest absolute Gasteiger partial charge is 0.342 e. The zero-order chi connectivity index (χ0) is 20.2. The van der Waals surface area contributed by atoms with Crippen LogP contribution in [0.3, 0.4) is 0 Å². The molecule has 5 nitrogen and oxygen atoms in total. The number of hydrogen-bond acceptors (Lipinski definition) is 4. The van der Waals surface area contributed by atoms with E-state index in [-0.39, 0.29) is 11.3 Å². The second kappa shape index (κ2) is 7.24. The van der Waals surface area contributed by atoms with Crippen LogP contribution in [0.5, 0.6) is 0 Å². The van der Waals surface area contributed by atoms with E-state index in [1.165, 1.54) is 22.6 Å². The molecule has 0 aromatic carbocycles. The summed E-state index contributed by atoms with van der Waals surface area (Å²) in [5, 5.41) is 0. The summed E-state index contributed by atoms with van der Waals surface area (Å²) in [6, 6.07) is 4.83. The molecule has 29 heavy (non-hydrogen) atoms. The maximum atomic E-state index is 13.7. The molecule has 2 aromatic heterocycles. The van der Waals surface area contributed by atoms with Crippen molar-refractivity contribution in [2.45, 2.75) is 58.5 Å². The van der Waals surface area contributed by atoms with Gasteiger partial charge < -0.3 is 9.47 Å². The molecule has 4 heterocycles.